The second-order valence-electron chi connectivity index (χ2n) is 2.04. The highest BCUT2D eigenvalue weighted by Crippen LogP contribution is 2.23. The number of pyridine rings is 1. The third-order valence-corrected chi connectivity index (χ3v) is 2.26. The van der Waals surface area contributed by atoms with Crippen molar-refractivity contribution in [2.45, 2.75) is 6.43 Å². The number of rotatable bonds is 1. The molecule has 0 amide bonds. The van der Waals surface area contributed by atoms with E-state index in [1.807, 2.05) is 0 Å². The first-order valence-corrected chi connectivity index (χ1v) is 4.00. The summed E-state index contributed by atoms with van der Waals surface area (Å²) in [7, 11) is 0. The van der Waals surface area contributed by atoms with Crippen LogP contribution in [0.5, 0.6) is 0 Å². The van der Waals surface area contributed by atoms with Crippen molar-refractivity contribution in [2.24, 2.45) is 0 Å². The number of anilines is 1. The second-order valence-corrected chi connectivity index (χ2v) is 3.12. The lowest BCUT2D eigenvalue weighted by molar-refractivity contribution is 0.145. The fourth-order valence-corrected chi connectivity index (χ4v) is 0.925. The van der Waals surface area contributed by atoms with Gasteiger partial charge in [-0.2, -0.15) is 4.39 Å². The Labute approximate surface area is 80.1 Å². The molecule has 0 saturated carbocycles. The van der Waals surface area contributed by atoms with Gasteiger partial charge in [0.1, 0.15) is 5.69 Å². The van der Waals surface area contributed by atoms with Gasteiger partial charge in [0.2, 0.25) is 5.95 Å². The van der Waals surface area contributed by atoms with Crippen molar-refractivity contribution >= 4 is 28.3 Å². The number of nitrogens with zero attached hydrogens (tertiary/aromatic N) is 1. The van der Waals surface area contributed by atoms with E-state index in [1.54, 1.807) is 22.6 Å². The summed E-state index contributed by atoms with van der Waals surface area (Å²) < 4.78 is 36.7. The maximum atomic E-state index is 12.7. The molecule has 0 atom stereocenters. The molecule has 0 radical (unpaired) electrons. The smallest absolute Gasteiger partial charge is 0.280 e. The van der Waals surface area contributed by atoms with E-state index < -0.39 is 18.1 Å². The molecular weight excluding hydrogens is 284 g/mol. The first kappa shape index (κ1) is 9.56. The maximum absolute atomic E-state index is 12.7. The Morgan fingerprint density at radius 3 is 2.50 bits per heavy atom. The molecule has 0 spiro atoms. The molecule has 0 unspecified atom stereocenters. The fourth-order valence-electron chi connectivity index (χ4n) is 0.648. The quantitative estimate of drug-likeness (QED) is 0.636. The van der Waals surface area contributed by atoms with E-state index in [1.165, 1.54) is 0 Å². The van der Waals surface area contributed by atoms with Crippen LogP contribution in [0.1, 0.15) is 12.1 Å². The van der Waals surface area contributed by atoms with Crippen LogP contribution in [0.3, 0.4) is 0 Å². The molecule has 0 saturated heterocycles. The van der Waals surface area contributed by atoms with Gasteiger partial charge in [0.15, 0.2) is 0 Å². The number of halogens is 4. The highest BCUT2D eigenvalue weighted by molar-refractivity contribution is 14.1. The summed E-state index contributed by atoms with van der Waals surface area (Å²) in [4.78, 5) is 3.03. The summed E-state index contributed by atoms with van der Waals surface area (Å²) >= 11 is 1.60. The Hall–Kier alpha value is -0.530. The van der Waals surface area contributed by atoms with Crippen LogP contribution in [0.4, 0.5) is 18.9 Å². The minimum absolute atomic E-state index is 0.0154. The van der Waals surface area contributed by atoms with Gasteiger partial charge in [-0.05, 0) is 28.7 Å². The van der Waals surface area contributed by atoms with Crippen molar-refractivity contribution in [1.29, 1.82) is 0 Å². The highest BCUT2D eigenvalue weighted by atomic mass is 127. The molecule has 2 nitrogen and oxygen atoms in total. The van der Waals surface area contributed by atoms with Crippen LogP contribution in [-0.4, -0.2) is 4.98 Å². The van der Waals surface area contributed by atoms with E-state index in [0.29, 0.717) is 0 Å². The molecule has 1 rings (SSSR count). The lowest BCUT2D eigenvalue weighted by Gasteiger charge is -2.02. The summed E-state index contributed by atoms with van der Waals surface area (Å²) in [6, 6.07) is 0.968. The van der Waals surface area contributed by atoms with E-state index in [4.69, 9.17) is 5.73 Å². The monoisotopic (exact) mass is 288 g/mol. The van der Waals surface area contributed by atoms with Crippen molar-refractivity contribution in [3.8, 4) is 0 Å². The van der Waals surface area contributed by atoms with Gasteiger partial charge in [0.05, 0.1) is 9.26 Å². The SMILES string of the molecule is Nc1cc(C(F)F)nc(F)c1I. The minimum atomic E-state index is -2.79. The van der Waals surface area contributed by atoms with Gasteiger partial charge in [0, 0.05) is 0 Å². The first-order valence-electron chi connectivity index (χ1n) is 2.92. The molecule has 0 aromatic carbocycles. The van der Waals surface area contributed by atoms with Crippen molar-refractivity contribution in [3.05, 3.63) is 21.3 Å². The molecule has 6 heteroatoms. The maximum Gasteiger partial charge on any atom is 0.280 e. The zero-order valence-corrected chi connectivity index (χ0v) is 7.85. The Bertz CT molecular complexity index is 280. The lowest BCUT2D eigenvalue weighted by atomic mass is 10.3. The molecule has 2 N–H and O–H groups in total. The normalized spacial score (nSPS) is 10.8. The van der Waals surface area contributed by atoms with Gasteiger partial charge in [-0.3, -0.25) is 0 Å². The predicted molar refractivity (Wildman–Crippen MR) is 46.3 cm³/mol. The predicted octanol–water partition coefficient (Wildman–Crippen LogP) is 2.35. The Balaban J connectivity index is 3.21. The molecule has 1 aromatic heterocycles. The topological polar surface area (TPSA) is 38.9 Å². The standard InChI is InChI=1S/C6H4F3IN2/c7-5(8)3-1-2(11)4(10)6(9)12-3/h1,5H,(H2,11,12). The average Bonchev–Trinajstić information content (AvgIpc) is 1.99. The van der Waals surface area contributed by atoms with Gasteiger partial charge in [0.25, 0.3) is 6.43 Å². The van der Waals surface area contributed by atoms with Crippen molar-refractivity contribution in [1.82, 2.24) is 4.98 Å². The molecule has 66 valence electrons. The molecular formula is C6H4F3IN2. The molecule has 0 aliphatic carbocycles. The van der Waals surface area contributed by atoms with Crippen molar-refractivity contribution < 1.29 is 13.2 Å². The Morgan fingerprint density at radius 1 is 1.50 bits per heavy atom. The fraction of sp³-hybridized carbons (Fsp3) is 0.167. The molecule has 0 aliphatic heterocycles. The van der Waals surface area contributed by atoms with Crippen LogP contribution >= 0.6 is 22.6 Å². The van der Waals surface area contributed by atoms with E-state index in [-0.39, 0.29) is 9.26 Å². The summed E-state index contributed by atoms with van der Waals surface area (Å²) in [5.74, 6) is -0.953. The van der Waals surface area contributed by atoms with E-state index in [0.717, 1.165) is 6.07 Å². The average molecular weight is 288 g/mol. The summed E-state index contributed by atoms with van der Waals surface area (Å²) in [6.45, 7) is 0. The second kappa shape index (κ2) is 3.46. The number of alkyl halides is 2. The highest BCUT2D eigenvalue weighted by Gasteiger charge is 2.14. The summed E-state index contributed by atoms with van der Waals surface area (Å²) in [6.07, 6.45) is -2.79. The van der Waals surface area contributed by atoms with Gasteiger partial charge < -0.3 is 5.73 Å². The van der Waals surface area contributed by atoms with Gasteiger partial charge >= 0.3 is 0 Å². The molecule has 1 heterocycles. The van der Waals surface area contributed by atoms with Crippen LogP contribution in [0.15, 0.2) is 6.07 Å². The third kappa shape index (κ3) is 1.79. The number of nitrogens with two attached hydrogens (primary N) is 1. The van der Waals surface area contributed by atoms with Crippen LogP contribution in [0.2, 0.25) is 0 Å². The van der Waals surface area contributed by atoms with Crippen LogP contribution in [0, 0.1) is 9.52 Å². The number of hydrogen-bond donors (Lipinski definition) is 1. The minimum Gasteiger partial charge on any atom is -0.398 e. The van der Waals surface area contributed by atoms with Crippen molar-refractivity contribution in [3.63, 3.8) is 0 Å². The van der Waals surface area contributed by atoms with Gasteiger partial charge in [-0.15, -0.1) is 0 Å². The molecule has 0 aliphatic rings. The molecule has 1 aromatic rings. The summed E-state index contributed by atoms with van der Waals surface area (Å²) in [5.41, 5.74) is 4.59. The number of nitrogen functional groups attached to an aromatic ring is 1. The zero-order chi connectivity index (χ0) is 9.30. The van der Waals surface area contributed by atoms with E-state index >= 15 is 0 Å². The largest absolute Gasteiger partial charge is 0.398 e. The van der Waals surface area contributed by atoms with Crippen LogP contribution < -0.4 is 5.73 Å². The van der Waals surface area contributed by atoms with Gasteiger partial charge in [-0.25, -0.2) is 13.8 Å². The van der Waals surface area contributed by atoms with E-state index in [2.05, 4.69) is 4.98 Å². The van der Waals surface area contributed by atoms with Crippen LogP contribution in [-0.2, 0) is 0 Å². The van der Waals surface area contributed by atoms with Gasteiger partial charge in [-0.1, -0.05) is 0 Å². The Morgan fingerprint density at radius 2 is 2.08 bits per heavy atom. The molecule has 12 heavy (non-hydrogen) atoms. The van der Waals surface area contributed by atoms with Crippen molar-refractivity contribution in [2.75, 3.05) is 5.73 Å². The van der Waals surface area contributed by atoms with Crippen LogP contribution in [0.25, 0.3) is 0 Å². The number of hydrogen-bond acceptors (Lipinski definition) is 2. The Kier molecular flexibility index (Phi) is 2.76. The summed E-state index contributed by atoms with van der Waals surface area (Å²) in [5, 5.41) is 0. The third-order valence-electron chi connectivity index (χ3n) is 1.19. The molecule has 0 bridgehead atoms. The number of aromatic nitrogens is 1. The molecule has 0 fully saturated rings. The lowest BCUT2D eigenvalue weighted by Crippen LogP contribution is -2.01. The first-order chi connectivity index (χ1) is 5.52. The van der Waals surface area contributed by atoms with E-state index in [9.17, 15) is 13.2 Å². The zero-order valence-electron chi connectivity index (χ0n) is 5.69.